The predicted molar refractivity (Wildman–Crippen MR) is 79.2 cm³/mol. The first-order valence-electron chi connectivity index (χ1n) is 6.69. The highest BCUT2D eigenvalue weighted by atomic mass is 16.4. The average molecular weight is 292 g/mol. The van der Waals surface area contributed by atoms with Crippen molar-refractivity contribution in [1.82, 2.24) is 10.6 Å². The van der Waals surface area contributed by atoms with Crippen molar-refractivity contribution in [3.63, 3.8) is 0 Å². The molecule has 0 radical (unpaired) electrons. The van der Waals surface area contributed by atoms with Crippen LogP contribution in [0.1, 0.15) is 18.9 Å². The first-order valence-corrected chi connectivity index (χ1v) is 6.69. The number of amides is 2. The van der Waals surface area contributed by atoms with Crippen LogP contribution in [0.2, 0.25) is 0 Å². The molecule has 1 aromatic carbocycles. The van der Waals surface area contributed by atoms with Crippen LogP contribution in [-0.4, -0.2) is 34.8 Å². The van der Waals surface area contributed by atoms with Crippen LogP contribution >= 0.6 is 0 Å². The minimum absolute atomic E-state index is 0.111. The first-order chi connectivity index (χ1) is 10.0. The maximum Gasteiger partial charge on any atom is 0.326 e. The van der Waals surface area contributed by atoms with Gasteiger partial charge in [-0.1, -0.05) is 24.3 Å². The van der Waals surface area contributed by atoms with Gasteiger partial charge in [0.25, 0.3) is 0 Å². The molecule has 2 amide bonds. The molecule has 0 aliphatic heterocycles. The van der Waals surface area contributed by atoms with Crippen LogP contribution in [0.15, 0.2) is 36.4 Å². The lowest BCUT2D eigenvalue weighted by Gasteiger charge is -2.15. The minimum Gasteiger partial charge on any atom is -0.508 e. The number of hydrogen-bond donors (Lipinski definition) is 4. The van der Waals surface area contributed by atoms with Gasteiger partial charge in [0.1, 0.15) is 11.8 Å². The molecular formula is C15H20N2O4. The Kier molecular flexibility index (Phi) is 6.80. The highest BCUT2D eigenvalue weighted by Gasteiger charge is 2.20. The average Bonchev–Trinajstić information content (AvgIpc) is 2.45. The zero-order valence-electron chi connectivity index (χ0n) is 11.9. The Morgan fingerprint density at radius 3 is 2.52 bits per heavy atom. The standard InChI is InChI=1S/C15H20N2O4/c1-2-3-4-9-16-15(21)17-13(14(19)20)10-11-5-7-12(18)8-6-11/h2-3,5-8,13,18H,4,9-10H2,1H3,(H,19,20)(H2,16,17,21)/b3-2+/t13-/m0/s1. The van der Waals surface area contributed by atoms with Crippen LogP contribution in [0.25, 0.3) is 0 Å². The second-order valence-corrected chi connectivity index (χ2v) is 4.52. The Hall–Kier alpha value is -2.50. The van der Waals surface area contributed by atoms with E-state index in [1.54, 1.807) is 12.1 Å². The molecule has 0 aliphatic rings. The number of carboxylic acids is 1. The van der Waals surface area contributed by atoms with E-state index in [9.17, 15) is 14.7 Å². The van der Waals surface area contributed by atoms with Crippen molar-refractivity contribution in [2.24, 2.45) is 0 Å². The smallest absolute Gasteiger partial charge is 0.326 e. The Morgan fingerprint density at radius 2 is 1.95 bits per heavy atom. The molecule has 0 saturated heterocycles. The highest BCUT2D eigenvalue weighted by Crippen LogP contribution is 2.11. The van der Waals surface area contributed by atoms with Crippen LogP contribution in [0.3, 0.4) is 0 Å². The van der Waals surface area contributed by atoms with E-state index in [-0.39, 0.29) is 12.2 Å². The fraction of sp³-hybridized carbons (Fsp3) is 0.333. The van der Waals surface area contributed by atoms with E-state index in [0.29, 0.717) is 13.0 Å². The molecule has 0 heterocycles. The summed E-state index contributed by atoms with van der Waals surface area (Å²) in [7, 11) is 0. The largest absolute Gasteiger partial charge is 0.508 e. The summed E-state index contributed by atoms with van der Waals surface area (Å²) in [6, 6.07) is 4.67. The fourth-order valence-corrected chi connectivity index (χ4v) is 1.71. The third-order valence-corrected chi connectivity index (χ3v) is 2.81. The van der Waals surface area contributed by atoms with Gasteiger partial charge in [-0.15, -0.1) is 0 Å². The van der Waals surface area contributed by atoms with Crippen molar-refractivity contribution < 1.29 is 19.8 Å². The van der Waals surface area contributed by atoms with Crippen molar-refractivity contribution >= 4 is 12.0 Å². The molecule has 4 N–H and O–H groups in total. The van der Waals surface area contributed by atoms with E-state index < -0.39 is 18.0 Å². The lowest BCUT2D eigenvalue weighted by atomic mass is 10.1. The topological polar surface area (TPSA) is 98.7 Å². The van der Waals surface area contributed by atoms with Gasteiger partial charge in [-0.05, 0) is 31.0 Å². The number of urea groups is 1. The van der Waals surface area contributed by atoms with Crippen molar-refractivity contribution in [3.05, 3.63) is 42.0 Å². The van der Waals surface area contributed by atoms with Crippen molar-refractivity contribution in [1.29, 1.82) is 0 Å². The third-order valence-electron chi connectivity index (χ3n) is 2.81. The van der Waals surface area contributed by atoms with E-state index >= 15 is 0 Å². The molecule has 0 saturated carbocycles. The first kappa shape index (κ1) is 16.6. The molecule has 0 spiro atoms. The maximum absolute atomic E-state index is 11.6. The predicted octanol–water partition coefficient (Wildman–Crippen LogP) is 1.65. The summed E-state index contributed by atoms with van der Waals surface area (Å²) in [5.74, 6) is -0.994. The number of aromatic hydroxyl groups is 1. The van der Waals surface area contributed by atoms with Crippen LogP contribution in [0.5, 0.6) is 5.75 Å². The highest BCUT2D eigenvalue weighted by molar-refractivity contribution is 5.82. The maximum atomic E-state index is 11.6. The number of aliphatic carboxylic acids is 1. The number of carbonyl (C=O) groups excluding carboxylic acids is 1. The summed E-state index contributed by atoms with van der Waals surface area (Å²) in [4.78, 5) is 22.8. The van der Waals surface area contributed by atoms with Gasteiger partial charge in [-0.2, -0.15) is 0 Å². The lowest BCUT2D eigenvalue weighted by molar-refractivity contribution is -0.139. The molecule has 1 atom stereocenters. The monoisotopic (exact) mass is 292 g/mol. The molecule has 114 valence electrons. The van der Waals surface area contributed by atoms with Gasteiger partial charge >= 0.3 is 12.0 Å². The lowest BCUT2D eigenvalue weighted by Crippen LogP contribution is -2.47. The summed E-state index contributed by atoms with van der Waals surface area (Å²) >= 11 is 0. The quantitative estimate of drug-likeness (QED) is 0.453. The van der Waals surface area contributed by atoms with Crippen LogP contribution in [-0.2, 0) is 11.2 Å². The summed E-state index contributed by atoms with van der Waals surface area (Å²) in [6.45, 7) is 2.33. The van der Waals surface area contributed by atoms with E-state index in [0.717, 1.165) is 5.56 Å². The van der Waals surface area contributed by atoms with E-state index in [1.165, 1.54) is 12.1 Å². The second-order valence-electron chi connectivity index (χ2n) is 4.52. The number of benzene rings is 1. The van der Waals surface area contributed by atoms with Crippen molar-refractivity contribution in [2.75, 3.05) is 6.54 Å². The van der Waals surface area contributed by atoms with Crippen LogP contribution in [0.4, 0.5) is 4.79 Å². The molecule has 6 heteroatoms. The number of allylic oxidation sites excluding steroid dienone is 1. The molecule has 1 aromatic rings. The van der Waals surface area contributed by atoms with Gasteiger partial charge in [-0.3, -0.25) is 0 Å². The van der Waals surface area contributed by atoms with Gasteiger partial charge < -0.3 is 20.8 Å². The Morgan fingerprint density at radius 1 is 1.29 bits per heavy atom. The third kappa shape index (κ3) is 6.47. The fourth-order valence-electron chi connectivity index (χ4n) is 1.71. The van der Waals surface area contributed by atoms with Gasteiger partial charge in [-0.25, -0.2) is 9.59 Å². The Labute approximate surface area is 123 Å². The molecule has 6 nitrogen and oxygen atoms in total. The molecule has 0 unspecified atom stereocenters. The molecule has 0 fully saturated rings. The van der Waals surface area contributed by atoms with E-state index in [4.69, 9.17) is 5.11 Å². The summed E-state index contributed by atoms with van der Waals surface area (Å²) < 4.78 is 0. The number of nitrogens with one attached hydrogen (secondary N) is 2. The summed E-state index contributed by atoms with van der Waals surface area (Å²) in [6.07, 6.45) is 4.63. The number of hydrogen-bond acceptors (Lipinski definition) is 3. The Balaban J connectivity index is 2.51. The number of rotatable bonds is 7. The summed E-state index contributed by atoms with van der Waals surface area (Å²) in [5.41, 5.74) is 0.717. The van der Waals surface area contributed by atoms with Gasteiger partial charge in [0.15, 0.2) is 0 Å². The molecular weight excluding hydrogens is 272 g/mol. The second kappa shape index (κ2) is 8.63. The normalized spacial score (nSPS) is 12.0. The number of phenolic OH excluding ortho intramolecular Hbond substituents is 1. The minimum atomic E-state index is -1.10. The van der Waals surface area contributed by atoms with Crippen LogP contribution < -0.4 is 10.6 Å². The van der Waals surface area contributed by atoms with Gasteiger partial charge in [0, 0.05) is 13.0 Å². The number of carboxylic acid groups (broad SMARTS) is 1. The van der Waals surface area contributed by atoms with Crippen LogP contribution in [0, 0.1) is 0 Å². The SMILES string of the molecule is C/C=C/CCNC(=O)N[C@@H](Cc1ccc(O)cc1)C(=O)O. The van der Waals surface area contributed by atoms with Gasteiger partial charge in [0.05, 0.1) is 0 Å². The summed E-state index contributed by atoms with van der Waals surface area (Å²) in [5, 5.41) is 23.3. The van der Waals surface area contributed by atoms with Crippen molar-refractivity contribution in [2.45, 2.75) is 25.8 Å². The number of phenols is 1. The molecule has 1 rings (SSSR count). The molecule has 21 heavy (non-hydrogen) atoms. The number of carbonyl (C=O) groups is 2. The molecule has 0 aliphatic carbocycles. The molecule has 0 bridgehead atoms. The Bertz CT molecular complexity index is 497. The van der Waals surface area contributed by atoms with Crippen molar-refractivity contribution in [3.8, 4) is 5.75 Å². The van der Waals surface area contributed by atoms with Gasteiger partial charge in [0.2, 0.25) is 0 Å². The van der Waals surface area contributed by atoms with E-state index in [2.05, 4.69) is 10.6 Å². The van der Waals surface area contributed by atoms with E-state index in [1.807, 2.05) is 19.1 Å². The zero-order chi connectivity index (χ0) is 15.7. The zero-order valence-corrected chi connectivity index (χ0v) is 11.9. The molecule has 0 aromatic heterocycles.